The Kier molecular flexibility index (Phi) is 6.24. The summed E-state index contributed by atoms with van der Waals surface area (Å²) in [6, 6.07) is 7.65. The molecule has 23 heavy (non-hydrogen) atoms. The molecule has 0 unspecified atom stereocenters. The monoisotopic (exact) mass is 339 g/mol. The number of piperidine rings is 1. The predicted molar refractivity (Wildman–Crippen MR) is 88.5 cm³/mol. The molecule has 0 spiro atoms. The topological polar surface area (TPSA) is 72.9 Å². The van der Waals surface area contributed by atoms with Gasteiger partial charge in [-0.25, -0.2) is 4.79 Å². The second kappa shape index (κ2) is 8.17. The third-order valence-corrected chi connectivity index (χ3v) is 4.41. The van der Waals surface area contributed by atoms with Crippen LogP contribution < -0.4 is 5.32 Å². The molecular weight excluding hydrogens is 318 g/mol. The normalized spacial score (nSPS) is 16.1. The van der Waals surface area contributed by atoms with E-state index in [4.69, 9.17) is 11.6 Å². The molecule has 0 aromatic heterocycles. The molecule has 0 bridgehead atoms. The van der Waals surface area contributed by atoms with E-state index in [1.165, 1.54) is 17.5 Å². The standard InChI is InChI=1S/C16H22ClN3O3/c1-18-15(21)11-20(16(22)23)14-6-8-19(9-7-14)10-12-2-4-13(17)5-3-12/h2-5,14H,6-11H2,1H3,(H,18,21)(H,22,23). The first-order valence-electron chi connectivity index (χ1n) is 7.66. The van der Waals surface area contributed by atoms with Gasteiger partial charge in [-0.15, -0.1) is 0 Å². The van der Waals surface area contributed by atoms with Crippen molar-refractivity contribution in [2.45, 2.75) is 25.4 Å². The van der Waals surface area contributed by atoms with Crippen LogP contribution in [0.2, 0.25) is 5.02 Å². The molecule has 1 aromatic rings. The van der Waals surface area contributed by atoms with Gasteiger partial charge in [0.2, 0.25) is 5.91 Å². The molecule has 0 saturated carbocycles. The highest BCUT2D eigenvalue weighted by atomic mass is 35.5. The zero-order valence-corrected chi connectivity index (χ0v) is 13.9. The highest BCUT2D eigenvalue weighted by Gasteiger charge is 2.29. The number of carbonyl (C=O) groups excluding carboxylic acids is 1. The molecule has 1 fully saturated rings. The van der Waals surface area contributed by atoms with Crippen molar-refractivity contribution in [1.82, 2.24) is 15.1 Å². The van der Waals surface area contributed by atoms with E-state index in [2.05, 4.69) is 10.2 Å². The van der Waals surface area contributed by atoms with Crippen molar-refractivity contribution in [3.8, 4) is 0 Å². The molecule has 2 amide bonds. The lowest BCUT2D eigenvalue weighted by Crippen LogP contribution is -2.49. The van der Waals surface area contributed by atoms with Crippen LogP contribution in [0.5, 0.6) is 0 Å². The molecule has 0 aliphatic carbocycles. The summed E-state index contributed by atoms with van der Waals surface area (Å²) in [6.07, 6.45) is 0.429. The van der Waals surface area contributed by atoms with Gasteiger partial charge in [-0.1, -0.05) is 23.7 Å². The van der Waals surface area contributed by atoms with Crippen LogP contribution in [0.1, 0.15) is 18.4 Å². The lowest BCUT2D eigenvalue weighted by atomic mass is 10.0. The van der Waals surface area contributed by atoms with Crippen molar-refractivity contribution in [1.29, 1.82) is 0 Å². The van der Waals surface area contributed by atoms with E-state index in [0.717, 1.165) is 37.5 Å². The Morgan fingerprint density at radius 1 is 1.30 bits per heavy atom. The number of carbonyl (C=O) groups is 2. The summed E-state index contributed by atoms with van der Waals surface area (Å²) in [5, 5.41) is 12.5. The Morgan fingerprint density at radius 3 is 2.43 bits per heavy atom. The molecule has 7 heteroatoms. The van der Waals surface area contributed by atoms with Crippen LogP contribution in [0, 0.1) is 0 Å². The first-order chi connectivity index (χ1) is 11.0. The Labute approximate surface area is 141 Å². The molecule has 1 aliphatic rings. The van der Waals surface area contributed by atoms with E-state index >= 15 is 0 Å². The maximum absolute atomic E-state index is 11.5. The molecule has 0 atom stereocenters. The Bertz CT molecular complexity index is 542. The van der Waals surface area contributed by atoms with Gasteiger partial charge in [0.25, 0.3) is 0 Å². The Hall–Kier alpha value is -1.79. The first-order valence-corrected chi connectivity index (χ1v) is 8.04. The summed E-state index contributed by atoms with van der Waals surface area (Å²) >= 11 is 5.88. The van der Waals surface area contributed by atoms with E-state index < -0.39 is 6.09 Å². The molecular formula is C16H22ClN3O3. The second-order valence-corrected chi connectivity index (χ2v) is 6.15. The summed E-state index contributed by atoms with van der Waals surface area (Å²) < 4.78 is 0. The van der Waals surface area contributed by atoms with Gasteiger partial charge in [-0.05, 0) is 30.5 Å². The van der Waals surface area contributed by atoms with Crippen LogP contribution in [0.25, 0.3) is 0 Å². The number of rotatable bonds is 5. The number of hydrogen-bond acceptors (Lipinski definition) is 3. The van der Waals surface area contributed by atoms with Gasteiger partial charge in [0.15, 0.2) is 0 Å². The third kappa shape index (κ3) is 5.11. The number of nitrogens with one attached hydrogen (secondary N) is 1. The number of likely N-dealkylation sites (tertiary alicyclic amines) is 1. The van der Waals surface area contributed by atoms with Crippen molar-refractivity contribution in [2.75, 3.05) is 26.7 Å². The molecule has 2 rings (SSSR count). The van der Waals surface area contributed by atoms with E-state index in [1.54, 1.807) is 0 Å². The lowest BCUT2D eigenvalue weighted by molar-refractivity contribution is -0.122. The zero-order valence-electron chi connectivity index (χ0n) is 13.2. The SMILES string of the molecule is CNC(=O)CN(C(=O)O)C1CCN(Cc2ccc(Cl)cc2)CC1. The fourth-order valence-corrected chi connectivity index (χ4v) is 2.95. The Balaban J connectivity index is 1.87. The number of carboxylic acid groups (broad SMARTS) is 1. The summed E-state index contributed by atoms with van der Waals surface area (Å²) in [5.41, 5.74) is 1.19. The fraction of sp³-hybridized carbons (Fsp3) is 0.500. The second-order valence-electron chi connectivity index (χ2n) is 5.72. The predicted octanol–water partition coefficient (Wildman–Crippen LogP) is 2.03. The third-order valence-electron chi connectivity index (χ3n) is 4.16. The van der Waals surface area contributed by atoms with Crippen molar-refractivity contribution < 1.29 is 14.7 Å². The first kappa shape index (κ1) is 17.6. The van der Waals surface area contributed by atoms with Crippen LogP contribution in [0.3, 0.4) is 0 Å². The molecule has 0 radical (unpaired) electrons. The van der Waals surface area contributed by atoms with Gasteiger partial charge in [-0.3, -0.25) is 14.6 Å². The van der Waals surface area contributed by atoms with Gasteiger partial charge in [0.05, 0.1) is 0 Å². The zero-order chi connectivity index (χ0) is 16.8. The van der Waals surface area contributed by atoms with Crippen molar-refractivity contribution >= 4 is 23.6 Å². The summed E-state index contributed by atoms with van der Waals surface area (Å²) in [6.45, 7) is 2.34. The van der Waals surface area contributed by atoms with Crippen LogP contribution >= 0.6 is 11.6 Å². The maximum atomic E-state index is 11.5. The van der Waals surface area contributed by atoms with Gasteiger partial charge in [-0.2, -0.15) is 0 Å². The number of hydrogen-bond donors (Lipinski definition) is 2. The van der Waals surface area contributed by atoms with Gasteiger partial charge < -0.3 is 10.4 Å². The van der Waals surface area contributed by atoms with E-state index in [-0.39, 0.29) is 18.5 Å². The summed E-state index contributed by atoms with van der Waals surface area (Å²) in [7, 11) is 1.51. The van der Waals surface area contributed by atoms with Gasteiger partial charge in [0.1, 0.15) is 6.54 Å². The van der Waals surface area contributed by atoms with E-state index in [1.807, 2.05) is 24.3 Å². The quantitative estimate of drug-likeness (QED) is 0.861. The lowest BCUT2D eigenvalue weighted by Gasteiger charge is -2.36. The average Bonchev–Trinajstić information content (AvgIpc) is 2.55. The van der Waals surface area contributed by atoms with Gasteiger partial charge >= 0.3 is 6.09 Å². The smallest absolute Gasteiger partial charge is 0.408 e. The number of likely N-dealkylation sites (N-methyl/N-ethyl adjacent to an activating group) is 1. The molecule has 1 heterocycles. The molecule has 2 N–H and O–H groups in total. The molecule has 1 saturated heterocycles. The van der Waals surface area contributed by atoms with Crippen LogP contribution in [-0.2, 0) is 11.3 Å². The van der Waals surface area contributed by atoms with E-state index in [9.17, 15) is 14.7 Å². The largest absolute Gasteiger partial charge is 0.465 e. The number of halogens is 1. The minimum absolute atomic E-state index is 0.103. The van der Waals surface area contributed by atoms with Crippen molar-refractivity contribution in [3.05, 3.63) is 34.9 Å². The molecule has 6 nitrogen and oxygen atoms in total. The molecule has 126 valence electrons. The number of nitrogens with zero attached hydrogens (tertiary/aromatic N) is 2. The maximum Gasteiger partial charge on any atom is 0.408 e. The highest BCUT2D eigenvalue weighted by Crippen LogP contribution is 2.19. The molecule has 1 aromatic carbocycles. The average molecular weight is 340 g/mol. The summed E-state index contributed by atoms with van der Waals surface area (Å²) in [5.74, 6) is -0.281. The molecule has 1 aliphatic heterocycles. The number of amides is 2. The fourth-order valence-electron chi connectivity index (χ4n) is 2.82. The number of benzene rings is 1. The highest BCUT2D eigenvalue weighted by molar-refractivity contribution is 6.30. The Morgan fingerprint density at radius 2 is 1.91 bits per heavy atom. The van der Waals surface area contributed by atoms with Crippen LogP contribution in [0.4, 0.5) is 4.79 Å². The van der Waals surface area contributed by atoms with Crippen LogP contribution in [0.15, 0.2) is 24.3 Å². The summed E-state index contributed by atoms with van der Waals surface area (Å²) in [4.78, 5) is 26.4. The minimum Gasteiger partial charge on any atom is -0.465 e. The minimum atomic E-state index is -1.04. The van der Waals surface area contributed by atoms with E-state index in [0.29, 0.717) is 0 Å². The van der Waals surface area contributed by atoms with Crippen molar-refractivity contribution in [3.63, 3.8) is 0 Å². The van der Waals surface area contributed by atoms with Gasteiger partial charge in [0, 0.05) is 37.7 Å². The van der Waals surface area contributed by atoms with Crippen LogP contribution in [-0.4, -0.2) is 59.6 Å². The van der Waals surface area contributed by atoms with Crippen molar-refractivity contribution in [2.24, 2.45) is 0 Å².